The fourth-order valence-electron chi connectivity index (χ4n) is 2.85. The summed E-state index contributed by atoms with van der Waals surface area (Å²) in [6.45, 7) is 1.09. The summed E-state index contributed by atoms with van der Waals surface area (Å²) in [6.07, 6.45) is 6.70. The lowest BCUT2D eigenvalue weighted by molar-refractivity contribution is 0.0916. The summed E-state index contributed by atoms with van der Waals surface area (Å²) in [5.41, 5.74) is 6.03. The van der Waals surface area contributed by atoms with Crippen LogP contribution in [0.15, 0.2) is 16.7 Å². The Balaban J connectivity index is 1.91. The molecule has 0 bridgehead atoms. The molecule has 1 fully saturated rings. The highest BCUT2D eigenvalue weighted by Crippen LogP contribution is 2.40. The van der Waals surface area contributed by atoms with Gasteiger partial charge in [0.15, 0.2) is 0 Å². The van der Waals surface area contributed by atoms with Crippen LogP contribution in [0.5, 0.6) is 0 Å². The van der Waals surface area contributed by atoms with Gasteiger partial charge in [0.2, 0.25) is 0 Å². The molecule has 0 unspecified atom stereocenters. The molecule has 0 aliphatic heterocycles. The maximum absolute atomic E-state index is 12.0. The van der Waals surface area contributed by atoms with Crippen LogP contribution in [0, 0.1) is 5.41 Å². The molecule has 0 radical (unpaired) electrons. The van der Waals surface area contributed by atoms with Gasteiger partial charge in [-0.25, -0.2) is 0 Å². The number of aliphatic hydroxyl groups excluding tert-OH is 1. The van der Waals surface area contributed by atoms with E-state index in [1.165, 1.54) is 19.1 Å². The minimum Gasteiger partial charge on any atom is -0.467 e. The lowest BCUT2D eigenvalue weighted by atomic mass is 9.83. The van der Waals surface area contributed by atoms with Crippen LogP contribution >= 0.6 is 0 Å². The quantitative estimate of drug-likeness (QED) is 0.726. The van der Waals surface area contributed by atoms with Crippen LogP contribution in [0.4, 0.5) is 0 Å². The SMILES string of the molecule is NCc1cc(C(=O)NCC2(CCO)CCCC2)co1. The zero-order valence-electron chi connectivity index (χ0n) is 11.2. The van der Waals surface area contributed by atoms with Gasteiger partial charge in [-0.2, -0.15) is 0 Å². The van der Waals surface area contributed by atoms with Gasteiger partial charge in [0, 0.05) is 13.2 Å². The highest BCUT2D eigenvalue weighted by atomic mass is 16.3. The third-order valence-corrected chi connectivity index (χ3v) is 4.05. The molecule has 1 aromatic rings. The molecule has 1 aromatic heterocycles. The second kappa shape index (κ2) is 6.21. The molecular formula is C14H22N2O3. The molecule has 1 heterocycles. The zero-order valence-corrected chi connectivity index (χ0v) is 11.2. The van der Waals surface area contributed by atoms with E-state index in [1.807, 2.05) is 0 Å². The van der Waals surface area contributed by atoms with Crippen molar-refractivity contribution in [3.8, 4) is 0 Å². The Kier molecular flexibility index (Phi) is 4.61. The molecule has 0 saturated heterocycles. The van der Waals surface area contributed by atoms with Gasteiger partial charge in [-0.15, -0.1) is 0 Å². The molecule has 5 nitrogen and oxygen atoms in total. The smallest absolute Gasteiger partial charge is 0.254 e. The molecular weight excluding hydrogens is 244 g/mol. The molecule has 1 saturated carbocycles. The van der Waals surface area contributed by atoms with Crippen molar-refractivity contribution in [3.05, 3.63) is 23.7 Å². The van der Waals surface area contributed by atoms with Crippen LogP contribution in [0.25, 0.3) is 0 Å². The van der Waals surface area contributed by atoms with Crippen LogP contribution in [0.1, 0.15) is 48.2 Å². The molecule has 106 valence electrons. The highest BCUT2D eigenvalue weighted by molar-refractivity contribution is 5.93. The summed E-state index contributed by atoms with van der Waals surface area (Å²) in [7, 11) is 0. The fraction of sp³-hybridized carbons (Fsp3) is 0.643. The average molecular weight is 266 g/mol. The number of rotatable bonds is 6. The van der Waals surface area contributed by atoms with Crippen molar-refractivity contribution in [3.63, 3.8) is 0 Å². The first-order valence-corrected chi connectivity index (χ1v) is 6.86. The topological polar surface area (TPSA) is 88.5 Å². The third-order valence-electron chi connectivity index (χ3n) is 4.05. The van der Waals surface area contributed by atoms with Crippen molar-refractivity contribution < 1.29 is 14.3 Å². The van der Waals surface area contributed by atoms with E-state index in [4.69, 9.17) is 15.3 Å². The number of amides is 1. The Morgan fingerprint density at radius 1 is 1.47 bits per heavy atom. The van der Waals surface area contributed by atoms with Crippen molar-refractivity contribution in [2.75, 3.05) is 13.2 Å². The Hall–Kier alpha value is -1.33. The molecule has 1 amide bonds. The number of nitrogens with two attached hydrogens (primary N) is 1. The summed E-state index contributed by atoms with van der Waals surface area (Å²) in [4.78, 5) is 12.0. The van der Waals surface area contributed by atoms with E-state index in [2.05, 4.69) is 5.32 Å². The molecule has 1 aliphatic carbocycles. The van der Waals surface area contributed by atoms with E-state index in [1.54, 1.807) is 6.07 Å². The van der Waals surface area contributed by atoms with Gasteiger partial charge < -0.3 is 20.6 Å². The van der Waals surface area contributed by atoms with Crippen molar-refractivity contribution in [2.24, 2.45) is 11.1 Å². The second-order valence-electron chi connectivity index (χ2n) is 5.37. The second-order valence-corrected chi connectivity index (χ2v) is 5.37. The van der Waals surface area contributed by atoms with Crippen molar-refractivity contribution in [1.82, 2.24) is 5.32 Å². The van der Waals surface area contributed by atoms with Gasteiger partial charge in [-0.3, -0.25) is 4.79 Å². The predicted octanol–water partition coefficient (Wildman–Crippen LogP) is 1.41. The summed E-state index contributed by atoms with van der Waals surface area (Å²) >= 11 is 0. The largest absolute Gasteiger partial charge is 0.467 e. The number of nitrogens with one attached hydrogen (secondary N) is 1. The number of hydrogen-bond acceptors (Lipinski definition) is 4. The van der Waals surface area contributed by atoms with E-state index in [9.17, 15) is 4.79 Å². The molecule has 0 atom stereocenters. The van der Waals surface area contributed by atoms with Gasteiger partial charge in [-0.05, 0) is 30.7 Å². The average Bonchev–Trinajstić information content (AvgIpc) is 3.06. The number of carbonyl (C=O) groups excluding carboxylic acids is 1. The van der Waals surface area contributed by atoms with Crippen molar-refractivity contribution in [1.29, 1.82) is 0 Å². The molecule has 1 aliphatic rings. The number of aliphatic hydroxyl groups is 1. The first-order chi connectivity index (χ1) is 9.19. The first kappa shape index (κ1) is 14.1. The van der Waals surface area contributed by atoms with Crippen LogP contribution in [-0.4, -0.2) is 24.2 Å². The van der Waals surface area contributed by atoms with Crippen LogP contribution in [0.2, 0.25) is 0 Å². The maximum Gasteiger partial charge on any atom is 0.254 e. The van der Waals surface area contributed by atoms with Gasteiger partial charge >= 0.3 is 0 Å². The molecule has 2 rings (SSSR count). The number of hydrogen-bond donors (Lipinski definition) is 3. The van der Waals surface area contributed by atoms with E-state index in [0.29, 0.717) is 24.4 Å². The van der Waals surface area contributed by atoms with Crippen molar-refractivity contribution in [2.45, 2.75) is 38.6 Å². The normalized spacial score (nSPS) is 17.6. The lowest BCUT2D eigenvalue weighted by Gasteiger charge is -2.28. The summed E-state index contributed by atoms with van der Waals surface area (Å²) in [6, 6.07) is 1.67. The van der Waals surface area contributed by atoms with Gasteiger partial charge in [-0.1, -0.05) is 12.8 Å². The van der Waals surface area contributed by atoms with Crippen LogP contribution in [-0.2, 0) is 6.54 Å². The predicted molar refractivity (Wildman–Crippen MR) is 71.5 cm³/mol. The lowest BCUT2D eigenvalue weighted by Crippen LogP contribution is -2.36. The summed E-state index contributed by atoms with van der Waals surface area (Å²) in [5, 5.41) is 12.1. The Bertz CT molecular complexity index is 422. The minimum absolute atomic E-state index is 0.0742. The van der Waals surface area contributed by atoms with Gasteiger partial charge in [0.05, 0.1) is 12.1 Å². The van der Waals surface area contributed by atoms with E-state index in [-0.39, 0.29) is 17.9 Å². The third kappa shape index (κ3) is 3.36. The zero-order chi connectivity index (χ0) is 13.7. The Morgan fingerprint density at radius 3 is 2.79 bits per heavy atom. The maximum atomic E-state index is 12.0. The molecule has 0 spiro atoms. The number of carbonyl (C=O) groups is 1. The van der Waals surface area contributed by atoms with Crippen molar-refractivity contribution >= 4 is 5.91 Å². The minimum atomic E-state index is -0.132. The van der Waals surface area contributed by atoms with E-state index < -0.39 is 0 Å². The highest BCUT2D eigenvalue weighted by Gasteiger charge is 2.33. The van der Waals surface area contributed by atoms with E-state index >= 15 is 0 Å². The number of furan rings is 1. The Labute approximate surface area is 113 Å². The summed E-state index contributed by atoms with van der Waals surface area (Å²) in [5.74, 6) is 0.476. The fourth-order valence-corrected chi connectivity index (χ4v) is 2.85. The molecule has 19 heavy (non-hydrogen) atoms. The van der Waals surface area contributed by atoms with Gasteiger partial charge in [0.25, 0.3) is 5.91 Å². The Morgan fingerprint density at radius 2 is 2.21 bits per heavy atom. The van der Waals surface area contributed by atoms with E-state index in [0.717, 1.165) is 19.3 Å². The van der Waals surface area contributed by atoms with Gasteiger partial charge in [0.1, 0.15) is 12.0 Å². The molecule has 5 heteroatoms. The van der Waals surface area contributed by atoms with Crippen LogP contribution in [0.3, 0.4) is 0 Å². The first-order valence-electron chi connectivity index (χ1n) is 6.86. The standard InChI is InChI=1S/C14H22N2O3/c15-8-12-7-11(9-19-12)13(18)16-10-14(5-6-17)3-1-2-4-14/h7,9,17H,1-6,8,10,15H2,(H,16,18). The van der Waals surface area contributed by atoms with Crippen LogP contribution < -0.4 is 11.1 Å². The monoisotopic (exact) mass is 266 g/mol. The summed E-state index contributed by atoms with van der Waals surface area (Å²) < 4.78 is 5.15. The molecule has 0 aromatic carbocycles. The molecule has 4 N–H and O–H groups in total.